The fraction of sp³-hybridized carbons (Fsp3) is 0.200. The number of aliphatic carboxylic acids is 1. The zero-order valence-corrected chi connectivity index (χ0v) is 17.2. The van der Waals surface area contributed by atoms with Gasteiger partial charge in [-0.25, -0.2) is 4.79 Å². The fourth-order valence-corrected chi connectivity index (χ4v) is 3.21. The largest absolute Gasteiger partial charge is 0.489 e. The van der Waals surface area contributed by atoms with Gasteiger partial charge in [0.25, 0.3) is 5.91 Å². The summed E-state index contributed by atoms with van der Waals surface area (Å²) in [5.74, 6) is -0.986. The van der Waals surface area contributed by atoms with Gasteiger partial charge < -0.3 is 19.9 Å². The molecule has 2 N–H and O–H groups in total. The minimum atomic E-state index is -1.12. The third kappa shape index (κ3) is 6.42. The van der Waals surface area contributed by atoms with Crippen LogP contribution in [0.5, 0.6) is 5.75 Å². The van der Waals surface area contributed by atoms with Crippen molar-refractivity contribution in [3.8, 4) is 5.75 Å². The van der Waals surface area contributed by atoms with Crippen molar-refractivity contribution in [1.82, 2.24) is 5.32 Å². The van der Waals surface area contributed by atoms with Gasteiger partial charge in [0, 0.05) is 13.5 Å². The zero-order chi connectivity index (χ0) is 22.1. The molecule has 6 nitrogen and oxygen atoms in total. The first-order valence-corrected chi connectivity index (χ1v) is 9.93. The number of hydrogen-bond donors (Lipinski definition) is 2. The average Bonchev–Trinajstić information content (AvgIpc) is 2.79. The molecule has 0 heterocycles. The molecule has 0 aliphatic heterocycles. The molecule has 3 rings (SSSR count). The first kappa shape index (κ1) is 22.1. The van der Waals surface area contributed by atoms with E-state index in [0.29, 0.717) is 17.9 Å². The lowest BCUT2D eigenvalue weighted by molar-refractivity contribution is -0.144. The Bertz CT molecular complexity index is 991. The quantitative estimate of drug-likeness (QED) is 0.523. The van der Waals surface area contributed by atoms with E-state index >= 15 is 0 Å². The predicted octanol–water partition coefficient (Wildman–Crippen LogP) is 3.77. The Balaban J connectivity index is 1.65. The number of methoxy groups -OCH3 is 1. The van der Waals surface area contributed by atoms with Crippen LogP contribution in [0.3, 0.4) is 0 Å². The Morgan fingerprint density at radius 1 is 0.903 bits per heavy atom. The van der Waals surface area contributed by atoms with Crippen LogP contribution >= 0.6 is 0 Å². The van der Waals surface area contributed by atoms with E-state index in [-0.39, 0.29) is 6.42 Å². The summed E-state index contributed by atoms with van der Waals surface area (Å²) in [6.45, 7) is 0.413. The van der Waals surface area contributed by atoms with Gasteiger partial charge in [-0.05, 0) is 28.8 Å². The Morgan fingerprint density at radius 2 is 1.55 bits per heavy atom. The molecular weight excluding hydrogens is 394 g/mol. The maximum Gasteiger partial charge on any atom is 0.326 e. The van der Waals surface area contributed by atoms with Crippen molar-refractivity contribution in [2.75, 3.05) is 7.11 Å². The second-order valence-corrected chi connectivity index (χ2v) is 7.05. The summed E-state index contributed by atoms with van der Waals surface area (Å²) in [5, 5.41) is 12.2. The Hall–Kier alpha value is -3.64. The van der Waals surface area contributed by atoms with Crippen LogP contribution in [-0.2, 0) is 27.4 Å². The lowest BCUT2D eigenvalue weighted by Crippen LogP contribution is -2.44. The van der Waals surface area contributed by atoms with Crippen LogP contribution in [0.25, 0.3) is 0 Å². The molecule has 0 aliphatic rings. The molecule has 0 unspecified atom stereocenters. The molecular formula is C25H25NO5. The molecule has 2 atom stereocenters. The van der Waals surface area contributed by atoms with Crippen molar-refractivity contribution in [2.45, 2.75) is 25.2 Å². The van der Waals surface area contributed by atoms with Crippen LogP contribution in [0.4, 0.5) is 0 Å². The number of ether oxygens (including phenoxy) is 2. The molecule has 3 aromatic carbocycles. The van der Waals surface area contributed by atoms with Gasteiger partial charge in [0.15, 0.2) is 6.10 Å². The van der Waals surface area contributed by atoms with Gasteiger partial charge in [0.2, 0.25) is 0 Å². The summed E-state index contributed by atoms with van der Waals surface area (Å²) in [4.78, 5) is 24.5. The standard InChI is InChI=1S/C25H25NO5/c1-30-23(20-12-6-3-7-13-20)24(27)26-22(25(28)29)16-19-11-8-14-21(15-19)31-17-18-9-4-2-5-10-18/h2-15,22-23H,16-17H2,1H3,(H,26,27)(H,28,29)/t22-,23-/m1/s1. The topological polar surface area (TPSA) is 84.9 Å². The van der Waals surface area contributed by atoms with E-state index in [1.165, 1.54) is 7.11 Å². The monoisotopic (exact) mass is 419 g/mol. The van der Waals surface area contributed by atoms with Gasteiger partial charge in [-0.1, -0.05) is 72.8 Å². The van der Waals surface area contributed by atoms with Crippen molar-refractivity contribution in [1.29, 1.82) is 0 Å². The molecule has 0 aliphatic carbocycles. The molecule has 6 heteroatoms. The van der Waals surface area contributed by atoms with Gasteiger partial charge in [0.05, 0.1) is 0 Å². The summed E-state index contributed by atoms with van der Waals surface area (Å²) in [6.07, 6.45) is -0.766. The maximum atomic E-state index is 12.7. The number of nitrogens with one attached hydrogen (secondary N) is 1. The molecule has 0 saturated heterocycles. The summed E-state index contributed by atoms with van der Waals surface area (Å²) >= 11 is 0. The van der Waals surface area contributed by atoms with Gasteiger partial charge in [-0.3, -0.25) is 4.79 Å². The van der Waals surface area contributed by atoms with Crippen LogP contribution in [-0.4, -0.2) is 30.1 Å². The highest BCUT2D eigenvalue weighted by Crippen LogP contribution is 2.19. The lowest BCUT2D eigenvalue weighted by Gasteiger charge is -2.20. The predicted molar refractivity (Wildman–Crippen MR) is 117 cm³/mol. The third-order valence-corrected chi connectivity index (χ3v) is 4.78. The molecule has 0 aromatic heterocycles. The van der Waals surface area contributed by atoms with Crippen molar-refractivity contribution in [3.05, 3.63) is 102 Å². The molecule has 3 aromatic rings. The highest BCUT2D eigenvalue weighted by molar-refractivity contribution is 5.87. The van der Waals surface area contributed by atoms with Crippen molar-refractivity contribution in [2.24, 2.45) is 0 Å². The number of amides is 1. The molecule has 31 heavy (non-hydrogen) atoms. The average molecular weight is 419 g/mol. The Kier molecular flexibility index (Phi) is 7.79. The van der Waals surface area contributed by atoms with Crippen LogP contribution in [0, 0.1) is 0 Å². The van der Waals surface area contributed by atoms with Gasteiger partial charge in [0.1, 0.15) is 18.4 Å². The van der Waals surface area contributed by atoms with E-state index in [2.05, 4.69) is 5.32 Å². The van der Waals surface area contributed by atoms with Gasteiger partial charge in [-0.15, -0.1) is 0 Å². The first-order chi connectivity index (χ1) is 15.1. The lowest BCUT2D eigenvalue weighted by atomic mass is 10.0. The van der Waals surface area contributed by atoms with Gasteiger partial charge >= 0.3 is 5.97 Å². The summed E-state index contributed by atoms with van der Waals surface area (Å²) in [5.41, 5.74) is 2.44. The van der Waals surface area contributed by atoms with Crippen LogP contribution in [0.2, 0.25) is 0 Å². The summed E-state index contributed by atoms with van der Waals surface area (Å²) < 4.78 is 11.1. The van der Waals surface area contributed by atoms with Crippen LogP contribution in [0.15, 0.2) is 84.9 Å². The van der Waals surface area contributed by atoms with Crippen LogP contribution in [0.1, 0.15) is 22.8 Å². The summed E-state index contributed by atoms with van der Waals surface area (Å²) in [7, 11) is 1.42. The maximum absolute atomic E-state index is 12.7. The van der Waals surface area contributed by atoms with E-state index in [0.717, 1.165) is 11.1 Å². The van der Waals surface area contributed by atoms with E-state index < -0.39 is 24.0 Å². The second-order valence-electron chi connectivity index (χ2n) is 7.05. The second kappa shape index (κ2) is 10.9. The van der Waals surface area contributed by atoms with Crippen molar-refractivity contribution in [3.63, 3.8) is 0 Å². The number of carboxylic acids is 1. The molecule has 0 saturated carbocycles. The van der Waals surface area contributed by atoms with Crippen molar-refractivity contribution < 1.29 is 24.2 Å². The van der Waals surface area contributed by atoms with E-state index in [1.54, 1.807) is 36.4 Å². The zero-order valence-electron chi connectivity index (χ0n) is 17.2. The SMILES string of the molecule is CO[C@@H](C(=O)N[C@H](Cc1cccc(OCc2ccccc2)c1)C(=O)O)c1ccccc1. The van der Waals surface area contributed by atoms with E-state index in [4.69, 9.17) is 9.47 Å². The molecule has 0 radical (unpaired) electrons. The normalized spacial score (nSPS) is 12.5. The first-order valence-electron chi connectivity index (χ1n) is 9.93. The number of carbonyl (C=O) groups excluding carboxylic acids is 1. The van der Waals surface area contributed by atoms with Crippen LogP contribution < -0.4 is 10.1 Å². The van der Waals surface area contributed by atoms with Crippen molar-refractivity contribution >= 4 is 11.9 Å². The summed E-state index contributed by atoms with van der Waals surface area (Å²) in [6, 6.07) is 24.8. The smallest absolute Gasteiger partial charge is 0.326 e. The van der Waals surface area contributed by atoms with E-state index in [1.807, 2.05) is 48.5 Å². The Morgan fingerprint density at radius 3 is 2.19 bits per heavy atom. The molecule has 0 fully saturated rings. The highest BCUT2D eigenvalue weighted by atomic mass is 16.5. The number of carbonyl (C=O) groups is 2. The Labute approximate surface area is 181 Å². The number of benzene rings is 3. The number of rotatable bonds is 10. The fourth-order valence-electron chi connectivity index (χ4n) is 3.21. The highest BCUT2D eigenvalue weighted by Gasteiger charge is 2.26. The minimum absolute atomic E-state index is 0.120. The number of carboxylic acid groups (broad SMARTS) is 1. The third-order valence-electron chi connectivity index (χ3n) is 4.78. The molecule has 160 valence electrons. The number of hydrogen-bond acceptors (Lipinski definition) is 4. The van der Waals surface area contributed by atoms with Gasteiger partial charge in [-0.2, -0.15) is 0 Å². The molecule has 1 amide bonds. The molecule has 0 bridgehead atoms. The molecule has 0 spiro atoms. The minimum Gasteiger partial charge on any atom is -0.489 e. The van der Waals surface area contributed by atoms with E-state index in [9.17, 15) is 14.7 Å².